The first-order chi connectivity index (χ1) is 6.18. The third kappa shape index (κ3) is 1.57. The molecule has 1 aromatic rings. The van der Waals surface area contributed by atoms with Crippen molar-refractivity contribution in [2.45, 2.75) is 13.3 Å². The lowest BCUT2D eigenvalue weighted by Crippen LogP contribution is -2.31. The van der Waals surface area contributed by atoms with E-state index in [9.17, 15) is 4.79 Å². The van der Waals surface area contributed by atoms with Crippen LogP contribution in [-0.4, -0.2) is 12.5 Å². The summed E-state index contributed by atoms with van der Waals surface area (Å²) >= 11 is 2.31. The Bertz CT molecular complexity index is 373. The molecule has 1 N–H and O–H groups in total. The van der Waals surface area contributed by atoms with Crippen LogP contribution >= 0.6 is 22.6 Å². The average Bonchev–Trinajstić information content (AvgIpc) is 2.09. The average molecular weight is 287 g/mol. The molecule has 1 aliphatic rings. The van der Waals surface area contributed by atoms with E-state index >= 15 is 0 Å². The van der Waals surface area contributed by atoms with Crippen molar-refractivity contribution in [2.75, 3.05) is 6.54 Å². The van der Waals surface area contributed by atoms with Gasteiger partial charge >= 0.3 is 0 Å². The van der Waals surface area contributed by atoms with Gasteiger partial charge in [0.05, 0.1) is 0 Å². The fraction of sp³-hybridized carbons (Fsp3) is 0.300. The SMILES string of the molecule is Cc1cc2c(cc1I)CCNC2=O. The van der Waals surface area contributed by atoms with Crippen molar-refractivity contribution < 1.29 is 4.79 Å². The molecule has 0 aliphatic carbocycles. The van der Waals surface area contributed by atoms with E-state index in [1.165, 1.54) is 14.7 Å². The quantitative estimate of drug-likeness (QED) is 0.725. The molecule has 68 valence electrons. The van der Waals surface area contributed by atoms with Crippen molar-refractivity contribution in [3.63, 3.8) is 0 Å². The minimum Gasteiger partial charge on any atom is -0.352 e. The lowest BCUT2D eigenvalue weighted by atomic mass is 9.98. The lowest BCUT2D eigenvalue weighted by Gasteiger charge is -2.17. The first-order valence-electron chi connectivity index (χ1n) is 4.25. The van der Waals surface area contributed by atoms with E-state index in [4.69, 9.17) is 0 Å². The molecule has 0 radical (unpaired) electrons. The van der Waals surface area contributed by atoms with Gasteiger partial charge in [-0.2, -0.15) is 0 Å². The van der Waals surface area contributed by atoms with Gasteiger partial charge in [0.2, 0.25) is 0 Å². The van der Waals surface area contributed by atoms with Gasteiger partial charge in [0.25, 0.3) is 5.91 Å². The van der Waals surface area contributed by atoms with Crippen LogP contribution in [-0.2, 0) is 6.42 Å². The van der Waals surface area contributed by atoms with Crippen LogP contribution in [0.1, 0.15) is 21.5 Å². The Morgan fingerprint density at radius 1 is 1.46 bits per heavy atom. The topological polar surface area (TPSA) is 29.1 Å². The predicted octanol–water partition coefficient (Wildman–Crippen LogP) is 1.89. The molecule has 13 heavy (non-hydrogen) atoms. The molecule has 0 aromatic heterocycles. The molecular weight excluding hydrogens is 277 g/mol. The number of carbonyl (C=O) groups excluding carboxylic acids is 1. The maximum absolute atomic E-state index is 11.4. The van der Waals surface area contributed by atoms with Crippen molar-refractivity contribution in [3.8, 4) is 0 Å². The van der Waals surface area contributed by atoms with Crippen LogP contribution in [0.4, 0.5) is 0 Å². The Morgan fingerprint density at radius 3 is 3.00 bits per heavy atom. The largest absolute Gasteiger partial charge is 0.352 e. The van der Waals surface area contributed by atoms with Gasteiger partial charge < -0.3 is 5.32 Å². The van der Waals surface area contributed by atoms with Gasteiger partial charge in [0.1, 0.15) is 0 Å². The van der Waals surface area contributed by atoms with E-state index in [-0.39, 0.29) is 5.91 Å². The van der Waals surface area contributed by atoms with Crippen molar-refractivity contribution in [1.82, 2.24) is 5.32 Å². The molecule has 1 aliphatic heterocycles. The number of amides is 1. The van der Waals surface area contributed by atoms with Gasteiger partial charge in [-0.05, 0) is 59.2 Å². The Balaban J connectivity index is 2.58. The molecule has 3 heteroatoms. The molecule has 1 amide bonds. The highest BCUT2D eigenvalue weighted by atomic mass is 127. The van der Waals surface area contributed by atoms with Gasteiger partial charge in [-0.3, -0.25) is 4.79 Å². The number of fused-ring (bicyclic) bond motifs is 1. The van der Waals surface area contributed by atoms with Crippen LogP contribution in [0.3, 0.4) is 0 Å². The molecule has 0 fully saturated rings. The summed E-state index contributed by atoms with van der Waals surface area (Å²) in [5.41, 5.74) is 3.21. The molecule has 0 saturated heterocycles. The van der Waals surface area contributed by atoms with Gasteiger partial charge in [-0.25, -0.2) is 0 Å². The molecule has 0 saturated carbocycles. The summed E-state index contributed by atoms with van der Waals surface area (Å²) < 4.78 is 1.24. The van der Waals surface area contributed by atoms with E-state index in [0.29, 0.717) is 0 Å². The summed E-state index contributed by atoms with van der Waals surface area (Å²) in [6.45, 7) is 2.80. The second-order valence-corrected chi connectivity index (χ2v) is 4.43. The standard InChI is InChI=1S/C10H10INO/c1-6-4-8-7(5-9(6)11)2-3-12-10(8)13/h4-5H,2-3H2,1H3,(H,12,13). The lowest BCUT2D eigenvalue weighted by molar-refractivity contribution is 0.0946. The van der Waals surface area contributed by atoms with Crippen LogP contribution in [0.25, 0.3) is 0 Å². The number of aryl methyl sites for hydroxylation is 1. The predicted molar refractivity (Wildman–Crippen MR) is 59.9 cm³/mol. The normalized spacial score (nSPS) is 15.1. The van der Waals surface area contributed by atoms with Crippen LogP contribution < -0.4 is 5.32 Å². The number of benzene rings is 1. The Morgan fingerprint density at radius 2 is 2.23 bits per heavy atom. The summed E-state index contributed by atoms with van der Waals surface area (Å²) in [5.74, 6) is 0.0701. The van der Waals surface area contributed by atoms with E-state index < -0.39 is 0 Å². The number of carbonyl (C=O) groups is 1. The highest BCUT2D eigenvalue weighted by molar-refractivity contribution is 14.1. The maximum Gasteiger partial charge on any atom is 0.251 e. The molecule has 0 spiro atoms. The summed E-state index contributed by atoms with van der Waals surface area (Å²) in [5, 5.41) is 2.84. The van der Waals surface area contributed by atoms with Gasteiger partial charge in [0.15, 0.2) is 0 Å². The zero-order valence-corrected chi connectivity index (χ0v) is 9.51. The molecule has 1 heterocycles. The minimum atomic E-state index is 0.0701. The highest BCUT2D eigenvalue weighted by Gasteiger charge is 2.17. The summed E-state index contributed by atoms with van der Waals surface area (Å²) in [6, 6.07) is 4.09. The summed E-state index contributed by atoms with van der Waals surface area (Å²) in [6.07, 6.45) is 0.956. The fourth-order valence-electron chi connectivity index (χ4n) is 1.55. The molecule has 2 nitrogen and oxygen atoms in total. The second kappa shape index (κ2) is 3.29. The Hall–Kier alpha value is -0.580. The van der Waals surface area contributed by atoms with Gasteiger partial charge in [-0.15, -0.1) is 0 Å². The number of hydrogen-bond acceptors (Lipinski definition) is 1. The monoisotopic (exact) mass is 287 g/mol. The molecular formula is C10H10INO. The molecule has 0 unspecified atom stereocenters. The van der Waals surface area contributed by atoms with Crippen LogP contribution in [0.2, 0.25) is 0 Å². The summed E-state index contributed by atoms with van der Waals surface area (Å²) in [7, 11) is 0. The van der Waals surface area contributed by atoms with Crippen LogP contribution in [0.5, 0.6) is 0 Å². The second-order valence-electron chi connectivity index (χ2n) is 3.26. The fourth-order valence-corrected chi connectivity index (χ4v) is 2.08. The minimum absolute atomic E-state index is 0.0701. The van der Waals surface area contributed by atoms with Crippen molar-refractivity contribution in [2.24, 2.45) is 0 Å². The highest BCUT2D eigenvalue weighted by Crippen LogP contribution is 2.20. The number of hydrogen-bond donors (Lipinski definition) is 1. The zero-order chi connectivity index (χ0) is 9.42. The van der Waals surface area contributed by atoms with Crippen molar-refractivity contribution >= 4 is 28.5 Å². The number of nitrogens with one attached hydrogen (secondary N) is 1. The Kier molecular flexibility index (Phi) is 2.27. The number of halogens is 1. The Labute approximate surface area is 90.9 Å². The first-order valence-corrected chi connectivity index (χ1v) is 5.33. The van der Waals surface area contributed by atoms with E-state index in [0.717, 1.165) is 18.5 Å². The zero-order valence-electron chi connectivity index (χ0n) is 7.36. The number of rotatable bonds is 0. The van der Waals surface area contributed by atoms with E-state index in [1.54, 1.807) is 0 Å². The molecule has 0 atom stereocenters. The van der Waals surface area contributed by atoms with Crippen LogP contribution in [0.15, 0.2) is 12.1 Å². The van der Waals surface area contributed by atoms with Crippen LogP contribution in [0, 0.1) is 10.5 Å². The van der Waals surface area contributed by atoms with E-state index in [1.807, 2.05) is 13.0 Å². The smallest absolute Gasteiger partial charge is 0.251 e. The third-order valence-electron chi connectivity index (χ3n) is 2.31. The maximum atomic E-state index is 11.4. The van der Waals surface area contributed by atoms with Crippen molar-refractivity contribution in [3.05, 3.63) is 32.4 Å². The first kappa shape index (κ1) is 8.99. The molecule has 0 bridgehead atoms. The molecule has 1 aromatic carbocycles. The summed E-state index contributed by atoms with van der Waals surface area (Å²) in [4.78, 5) is 11.4. The van der Waals surface area contributed by atoms with Crippen molar-refractivity contribution in [1.29, 1.82) is 0 Å². The third-order valence-corrected chi connectivity index (χ3v) is 3.47. The van der Waals surface area contributed by atoms with Gasteiger partial charge in [0, 0.05) is 15.7 Å². The van der Waals surface area contributed by atoms with Gasteiger partial charge in [-0.1, -0.05) is 0 Å². The van der Waals surface area contributed by atoms with E-state index in [2.05, 4.69) is 34.0 Å². The molecule has 2 rings (SSSR count).